The van der Waals surface area contributed by atoms with Crippen molar-refractivity contribution in [1.82, 2.24) is 20.5 Å². The van der Waals surface area contributed by atoms with E-state index in [0.717, 1.165) is 12.8 Å². The van der Waals surface area contributed by atoms with Gasteiger partial charge in [0, 0.05) is 0 Å². The summed E-state index contributed by atoms with van der Waals surface area (Å²) in [5.74, 6) is 0.693. The van der Waals surface area contributed by atoms with Crippen LogP contribution in [0.5, 0.6) is 0 Å². The van der Waals surface area contributed by atoms with Gasteiger partial charge in [0.25, 0.3) is 0 Å². The molecule has 0 spiro atoms. The molecule has 1 aliphatic rings. The van der Waals surface area contributed by atoms with Crippen LogP contribution in [0.15, 0.2) is 6.33 Å². The first-order valence-corrected chi connectivity index (χ1v) is 5.28. The van der Waals surface area contributed by atoms with Crippen molar-refractivity contribution in [2.45, 2.75) is 44.8 Å². The number of aromatic nitrogens is 3. The summed E-state index contributed by atoms with van der Waals surface area (Å²) >= 11 is 0. The Morgan fingerprint density at radius 2 is 2.25 bits per heavy atom. The third-order valence-corrected chi connectivity index (χ3v) is 2.36. The molecule has 6 nitrogen and oxygen atoms in total. The third-order valence-electron chi connectivity index (χ3n) is 2.36. The molecule has 0 saturated heterocycles. The molecule has 0 aromatic carbocycles. The minimum Gasteiger partial charge on any atom is -0.444 e. The molecule has 1 aromatic heterocycles. The molecule has 0 bridgehead atoms. The van der Waals surface area contributed by atoms with Crippen LogP contribution in [0.25, 0.3) is 0 Å². The molecule has 0 radical (unpaired) electrons. The monoisotopic (exact) mass is 224 g/mol. The van der Waals surface area contributed by atoms with Crippen molar-refractivity contribution < 1.29 is 9.53 Å². The Kier molecular flexibility index (Phi) is 2.36. The van der Waals surface area contributed by atoms with Crippen LogP contribution in [-0.2, 0) is 10.3 Å². The van der Waals surface area contributed by atoms with Gasteiger partial charge in [-0.15, -0.1) is 0 Å². The van der Waals surface area contributed by atoms with Gasteiger partial charge in [0.1, 0.15) is 23.3 Å². The van der Waals surface area contributed by atoms with E-state index in [-0.39, 0.29) is 0 Å². The smallest absolute Gasteiger partial charge is 0.408 e. The van der Waals surface area contributed by atoms with E-state index in [1.807, 2.05) is 20.8 Å². The van der Waals surface area contributed by atoms with E-state index in [0.29, 0.717) is 5.82 Å². The van der Waals surface area contributed by atoms with E-state index < -0.39 is 17.2 Å². The van der Waals surface area contributed by atoms with E-state index in [9.17, 15) is 4.79 Å². The lowest BCUT2D eigenvalue weighted by Crippen LogP contribution is -2.39. The average Bonchev–Trinajstić information content (AvgIpc) is 2.71. The molecule has 1 amide bonds. The van der Waals surface area contributed by atoms with Crippen molar-refractivity contribution in [2.75, 3.05) is 0 Å². The molecule has 1 heterocycles. The van der Waals surface area contributed by atoms with Gasteiger partial charge in [0.05, 0.1) is 0 Å². The molecule has 88 valence electrons. The maximum absolute atomic E-state index is 11.6. The van der Waals surface area contributed by atoms with Crippen LogP contribution in [0.4, 0.5) is 4.79 Å². The van der Waals surface area contributed by atoms with Gasteiger partial charge in [-0.25, -0.2) is 9.78 Å². The van der Waals surface area contributed by atoms with Crippen LogP contribution in [0.1, 0.15) is 39.4 Å². The van der Waals surface area contributed by atoms with Crippen molar-refractivity contribution in [1.29, 1.82) is 0 Å². The molecular formula is C10H16N4O2. The van der Waals surface area contributed by atoms with Gasteiger partial charge >= 0.3 is 6.09 Å². The number of nitrogens with zero attached hydrogens (tertiary/aromatic N) is 2. The molecule has 6 heteroatoms. The predicted octanol–water partition coefficient (Wildman–Crippen LogP) is 1.32. The van der Waals surface area contributed by atoms with E-state index in [1.165, 1.54) is 6.33 Å². The van der Waals surface area contributed by atoms with Crippen molar-refractivity contribution in [3.63, 3.8) is 0 Å². The summed E-state index contributed by atoms with van der Waals surface area (Å²) in [5.41, 5.74) is -0.875. The zero-order chi connectivity index (χ0) is 11.8. The summed E-state index contributed by atoms with van der Waals surface area (Å²) in [7, 11) is 0. The number of nitrogens with one attached hydrogen (secondary N) is 2. The van der Waals surface area contributed by atoms with Gasteiger partial charge in [0.15, 0.2) is 0 Å². The minimum absolute atomic E-state index is 0.390. The van der Waals surface area contributed by atoms with E-state index >= 15 is 0 Å². The zero-order valence-electron chi connectivity index (χ0n) is 9.70. The number of carbonyl (C=O) groups excluding carboxylic acids is 1. The molecular weight excluding hydrogens is 208 g/mol. The number of aromatic amines is 1. The fourth-order valence-corrected chi connectivity index (χ4v) is 1.48. The standard InChI is InChI=1S/C10H16N4O2/c1-9(2,3)16-8(15)13-10(4-5-10)7-11-6-12-14-7/h6H,4-5H2,1-3H3,(H,13,15)(H,11,12,14). The Morgan fingerprint density at radius 1 is 1.56 bits per heavy atom. The van der Waals surface area contributed by atoms with Gasteiger partial charge in [0.2, 0.25) is 0 Å². The Morgan fingerprint density at radius 3 is 2.69 bits per heavy atom. The highest BCUT2D eigenvalue weighted by Gasteiger charge is 2.49. The number of hydrogen-bond donors (Lipinski definition) is 2. The van der Waals surface area contributed by atoms with Gasteiger partial charge in [-0.3, -0.25) is 5.10 Å². The number of alkyl carbamates (subject to hydrolysis) is 1. The first-order chi connectivity index (χ1) is 7.41. The highest BCUT2D eigenvalue weighted by molar-refractivity contribution is 5.69. The fourth-order valence-electron chi connectivity index (χ4n) is 1.48. The fraction of sp³-hybridized carbons (Fsp3) is 0.700. The Hall–Kier alpha value is -1.59. The first kappa shape index (κ1) is 10.9. The largest absolute Gasteiger partial charge is 0.444 e. The minimum atomic E-state index is -0.485. The van der Waals surface area contributed by atoms with Gasteiger partial charge < -0.3 is 10.1 Å². The second-order valence-electron chi connectivity index (χ2n) is 5.04. The lowest BCUT2D eigenvalue weighted by molar-refractivity contribution is 0.0492. The van der Waals surface area contributed by atoms with Crippen molar-refractivity contribution in [3.05, 3.63) is 12.2 Å². The van der Waals surface area contributed by atoms with Crippen LogP contribution < -0.4 is 5.32 Å². The third kappa shape index (κ3) is 2.32. The van der Waals surface area contributed by atoms with Gasteiger partial charge in [-0.1, -0.05) is 0 Å². The van der Waals surface area contributed by atoms with Crippen molar-refractivity contribution in [3.8, 4) is 0 Å². The van der Waals surface area contributed by atoms with Crippen molar-refractivity contribution in [2.24, 2.45) is 0 Å². The maximum atomic E-state index is 11.6. The second kappa shape index (κ2) is 3.47. The van der Waals surface area contributed by atoms with Gasteiger partial charge in [-0.2, -0.15) is 5.10 Å². The number of H-pyrrole nitrogens is 1. The van der Waals surface area contributed by atoms with Gasteiger partial charge in [-0.05, 0) is 33.6 Å². The number of carbonyl (C=O) groups is 1. The molecule has 1 fully saturated rings. The molecule has 1 aromatic rings. The van der Waals surface area contributed by atoms with Crippen molar-refractivity contribution >= 4 is 6.09 Å². The lowest BCUT2D eigenvalue weighted by atomic mass is 10.2. The lowest BCUT2D eigenvalue weighted by Gasteiger charge is -2.22. The molecule has 16 heavy (non-hydrogen) atoms. The highest BCUT2D eigenvalue weighted by Crippen LogP contribution is 2.43. The molecule has 1 saturated carbocycles. The van der Waals surface area contributed by atoms with Crippen LogP contribution in [0.3, 0.4) is 0 Å². The summed E-state index contributed by atoms with van der Waals surface area (Å²) in [5, 5.41) is 9.39. The zero-order valence-corrected chi connectivity index (χ0v) is 9.70. The topological polar surface area (TPSA) is 79.9 Å². The summed E-state index contributed by atoms with van der Waals surface area (Å²) in [4.78, 5) is 15.7. The number of hydrogen-bond acceptors (Lipinski definition) is 4. The van der Waals surface area contributed by atoms with Crippen LogP contribution >= 0.6 is 0 Å². The normalized spacial score (nSPS) is 17.9. The summed E-state index contributed by atoms with van der Waals surface area (Å²) in [6.07, 6.45) is 2.75. The maximum Gasteiger partial charge on any atom is 0.408 e. The quantitative estimate of drug-likeness (QED) is 0.794. The summed E-state index contributed by atoms with van der Waals surface area (Å²) < 4.78 is 5.20. The number of ether oxygens (including phenoxy) is 1. The molecule has 2 N–H and O–H groups in total. The predicted molar refractivity (Wildman–Crippen MR) is 56.7 cm³/mol. The molecule has 2 rings (SSSR count). The number of amides is 1. The van der Waals surface area contributed by atoms with Crippen LogP contribution in [0, 0.1) is 0 Å². The van der Waals surface area contributed by atoms with Crippen LogP contribution in [-0.4, -0.2) is 26.9 Å². The molecule has 0 aliphatic heterocycles. The Balaban J connectivity index is 1.98. The Labute approximate surface area is 93.8 Å². The van der Waals surface area contributed by atoms with Crippen LogP contribution in [0.2, 0.25) is 0 Å². The number of rotatable bonds is 2. The first-order valence-electron chi connectivity index (χ1n) is 5.28. The van der Waals surface area contributed by atoms with E-state index in [1.54, 1.807) is 0 Å². The van der Waals surface area contributed by atoms with E-state index in [4.69, 9.17) is 4.74 Å². The molecule has 0 atom stereocenters. The highest BCUT2D eigenvalue weighted by atomic mass is 16.6. The SMILES string of the molecule is CC(C)(C)OC(=O)NC1(c2ncn[nH]2)CC1. The summed E-state index contributed by atoms with van der Waals surface area (Å²) in [6.45, 7) is 5.50. The second-order valence-corrected chi connectivity index (χ2v) is 5.04. The van der Waals surface area contributed by atoms with E-state index in [2.05, 4.69) is 20.5 Å². The molecule has 1 aliphatic carbocycles. The Bertz CT molecular complexity index is 376. The molecule has 0 unspecified atom stereocenters. The average molecular weight is 224 g/mol. The summed E-state index contributed by atoms with van der Waals surface area (Å²) in [6, 6.07) is 0.